The number of halogens is 1. The molecule has 1 nitrogen and oxygen atoms in total. The van der Waals surface area contributed by atoms with Crippen LogP contribution in [0.1, 0.15) is 12.8 Å². The van der Waals surface area contributed by atoms with E-state index in [9.17, 15) is 4.39 Å². The smallest absolute Gasteiger partial charge is 0.0902 e. The van der Waals surface area contributed by atoms with E-state index in [1.165, 1.54) is 0 Å². The molecule has 2 N–H and O–H groups in total. The van der Waals surface area contributed by atoms with E-state index in [0.717, 1.165) is 24.5 Å². The molecule has 0 atom stereocenters. The highest BCUT2D eigenvalue weighted by Gasteiger charge is 1.87. The molecule has 0 amide bonds. The highest BCUT2D eigenvalue weighted by atomic mass is 32.2. The quantitative estimate of drug-likeness (QED) is 0.581. The monoisotopic (exact) mass is 151 g/mol. The molecule has 0 aromatic heterocycles. The van der Waals surface area contributed by atoms with Crippen LogP contribution in [0.4, 0.5) is 4.39 Å². The predicted molar refractivity (Wildman–Crippen MR) is 41.6 cm³/mol. The molecular weight excluding hydrogens is 137 g/mol. The molecule has 0 aromatic rings. The van der Waals surface area contributed by atoms with Crippen LogP contribution in [0.5, 0.6) is 0 Å². The second kappa shape index (κ2) is 8.24. The summed E-state index contributed by atoms with van der Waals surface area (Å²) in [5.41, 5.74) is 5.26. The number of hydrogen-bond donors (Lipinski definition) is 1. The maximum atomic E-state index is 11.5. The zero-order valence-corrected chi connectivity index (χ0v) is 6.42. The fraction of sp³-hybridized carbons (Fsp3) is 1.00. The molecule has 0 fully saturated rings. The van der Waals surface area contributed by atoms with Crippen molar-refractivity contribution in [1.82, 2.24) is 0 Å². The molecule has 0 saturated carbocycles. The molecule has 3 heteroatoms. The van der Waals surface area contributed by atoms with Gasteiger partial charge < -0.3 is 5.73 Å². The summed E-state index contributed by atoms with van der Waals surface area (Å²) in [6.45, 7) is 0.568. The maximum Gasteiger partial charge on any atom is 0.0902 e. The number of alkyl halides is 1. The first-order valence-corrected chi connectivity index (χ1v) is 4.41. The van der Waals surface area contributed by atoms with E-state index in [2.05, 4.69) is 0 Å². The first-order valence-electron chi connectivity index (χ1n) is 3.25. The van der Waals surface area contributed by atoms with Crippen LogP contribution < -0.4 is 5.73 Å². The van der Waals surface area contributed by atoms with Gasteiger partial charge in [-0.1, -0.05) is 0 Å². The Morgan fingerprint density at radius 2 is 1.89 bits per heavy atom. The highest BCUT2D eigenvalue weighted by molar-refractivity contribution is 7.99. The van der Waals surface area contributed by atoms with Crippen LogP contribution in [-0.2, 0) is 0 Å². The van der Waals surface area contributed by atoms with Gasteiger partial charge in [-0.3, -0.25) is 4.39 Å². The first-order chi connectivity index (χ1) is 4.41. The van der Waals surface area contributed by atoms with Crippen LogP contribution >= 0.6 is 11.8 Å². The number of nitrogens with two attached hydrogens (primary N) is 1. The van der Waals surface area contributed by atoms with Gasteiger partial charge in [0.05, 0.1) is 6.67 Å². The van der Waals surface area contributed by atoms with Crippen molar-refractivity contribution in [3.8, 4) is 0 Å². The molecule has 0 aliphatic rings. The summed E-state index contributed by atoms with van der Waals surface area (Å²) in [6.07, 6.45) is 1.74. The fourth-order valence-corrected chi connectivity index (χ4v) is 1.33. The van der Waals surface area contributed by atoms with E-state index in [4.69, 9.17) is 5.73 Å². The second-order valence-electron chi connectivity index (χ2n) is 1.80. The molecule has 0 aromatic carbocycles. The summed E-state index contributed by atoms with van der Waals surface area (Å²) in [5, 5.41) is 0. The Morgan fingerprint density at radius 3 is 2.44 bits per heavy atom. The summed E-state index contributed by atoms with van der Waals surface area (Å²) in [7, 11) is 0. The van der Waals surface area contributed by atoms with Gasteiger partial charge in [0.1, 0.15) is 0 Å². The van der Waals surface area contributed by atoms with Crippen molar-refractivity contribution in [3.63, 3.8) is 0 Å². The van der Waals surface area contributed by atoms with Gasteiger partial charge in [0, 0.05) is 0 Å². The van der Waals surface area contributed by atoms with E-state index in [0.29, 0.717) is 6.42 Å². The van der Waals surface area contributed by atoms with Gasteiger partial charge in [0.2, 0.25) is 0 Å². The third-order valence-corrected chi connectivity index (χ3v) is 2.07. The summed E-state index contributed by atoms with van der Waals surface area (Å²) >= 11 is 1.78. The Labute approximate surface area is 60.2 Å². The molecule has 0 spiro atoms. The van der Waals surface area contributed by atoms with Gasteiger partial charge in [-0.05, 0) is 30.9 Å². The molecule has 0 heterocycles. The number of hydrogen-bond acceptors (Lipinski definition) is 2. The van der Waals surface area contributed by atoms with Crippen molar-refractivity contribution in [3.05, 3.63) is 0 Å². The lowest BCUT2D eigenvalue weighted by Crippen LogP contribution is -1.99. The minimum absolute atomic E-state index is 0.185. The van der Waals surface area contributed by atoms with Crippen LogP contribution in [0.2, 0.25) is 0 Å². The van der Waals surface area contributed by atoms with Crippen molar-refractivity contribution in [2.45, 2.75) is 12.8 Å². The SMILES string of the molecule is NCCCSCCCF. The number of rotatable bonds is 6. The Bertz CT molecular complexity index is 46.3. The van der Waals surface area contributed by atoms with E-state index < -0.39 is 0 Å². The average Bonchev–Trinajstić information content (AvgIpc) is 1.89. The van der Waals surface area contributed by atoms with Gasteiger partial charge >= 0.3 is 0 Å². The van der Waals surface area contributed by atoms with Crippen molar-refractivity contribution in [2.75, 3.05) is 24.7 Å². The molecule has 9 heavy (non-hydrogen) atoms. The Balaban J connectivity index is 2.60. The minimum Gasteiger partial charge on any atom is -0.330 e. The maximum absolute atomic E-state index is 11.5. The third kappa shape index (κ3) is 8.24. The van der Waals surface area contributed by atoms with Gasteiger partial charge in [-0.25, -0.2) is 0 Å². The first kappa shape index (κ1) is 9.24. The molecule has 0 bridgehead atoms. The van der Waals surface area contributed by atoms with Crippen LogP contribution in [0.3, 0.4) is 0 Å². The topological polar surface area (TPSA) is 26.0 Å². The second-order valence-corrected chi connectivity index (χ2v) is 3.02. The lowest BCUT2D eigenvalue weighted by molar-refractivity contribution is 0.489. The molecule has 56 valence electrons. The molecule has 0 unspecified atom stereocenters. The average molecular weight is 151 g/mol. The summed E-state index contributed by atoms with van der Waals surface area (Å²) in [5.74, 6) is 2.02. The molecule has 0 aliphatic carbocycles. The zero-order valence-electron chi connectivity index (χ0n) is 5.61. The van der Waals surface area contributed by atoms with E-state index >= 15 is 0 Å². The number of thioether (sulfide) groups is 1. The Kier molecular flexibility index (Phi) is 8.46. The molecule has 0 radical (unpaired) electrons. The Morgan fingerprint density at radius 1 is 1.22 bits per heavy atom. The fourth-order valence-electron chi connectivity index (χ4n) is 0.444. The zero-order chi connectivity index (χ0) is 6.95. The van der Waals surface area contributed by atoms with Crippen LogP contribution in [0.15, 0.2) is 0 Å². The van der Waals surface area contributed by atoms with Crippen molar-refractivity contribution in [1.29, 1.82) is 0 Å². The van der Waals surface area contributed by atoms with Crippen molar-refractivity contribution in [2.24, 2.45) is 5.73 Å². The van der Waals surface area contributed by atoms with Crippen LogP contribution in [0.25, 0.3) is 0 Å². The largest absolute Gasteiger partial charge is 0.330 e. The molecule has 0 rings (SSSR count). The van der Waals surface area contributed by atoms with Gasteiger partial charge in [-0.2, -0.15) is 11.8 Å². The van der Waals surface area contributed by atoms with E-state index in [1.54, 1.807) is 11.8 Å². The van der Waals surface area contributed by atoms with Crippen LogP contribution in [-0.4, -0.2) is 24.7 Å². The van der Waals surface area contributed by atoms with E-state index in [-0.39, 0.29) is 6.67 Å². The van der Waals surface area contributed by atoms with Gasteiger partial charge in [0.25, 0.3) is 0 Å². The van der Waals surface area contributed by atoms with Gasteiger partial charge in [-0.15, -0.1) is 0 Å². The normalized spacial score (nSPS) is 10.0. The molecule has 0 saturated heterocycles. The lowest BCUT2D eigenvalue weighted by Gasteiger charge is -1.95. The molecular formula is C6H14FNS. The third-order valence-electron chi connectivity index (χ3n) is 0.915. The summed E-state index contributed by atoms with van der Waals surface area (Å²) < 4.78 is 11.5. The highest BCUT2D eigenvalue weighted by Crippen LogP contribution is 2.03. The van der Waals surface area contributed by atoms with E-state index in [1.807, 2.05) is 0 Å². The van der Waals surface area contributed by atoms with Crippen molar-refractivity contribution >= 4 is 11.8 Å². The lowest BCUT2D eigenvalue weighted by atomic mass is 10.5. The van der Waals surface area contributed by atoms with Crippen LogP contribution in [0, 0.1) is 0 Å². The molecule has 0 aliphatic heterocycles. The predicted octanol–water partition coefficient (Wildman–Crippen LogP) is 1.43. The minimum atomic E-state index is -0.185. The summed E-state index contributed by atoms with van der Waals surface area (Å²) in [6, 6.07) is 0. The summed E-state index contributed by atoms with van der Waals surface area (Å²) in [4.78, 5) is 0. The standard InChI is InChI=1S/C6H14FNS/c7-3-1-5-9-6-2-4-8/h1-6,8H2. The Hall–Kier alpha value is 0.240. The van der Waals surface area contributed by atoms with Crippen molar-refractivity contribution < 1.29 is 4.39 Å². The van der Waals surface area contributed by atoms with Gasteiger partial charge in [0.15, 0.2) is 0 Å².